The smallest absolute Gasteiger partial charge is 0.259 e. The monoisotopic (exact) mass is 368 g/mol. The van der Waals surface area contributed by atoms with E-state index in [0.29, 0.717) is 23.5 Å². The molecule has 0 saturated carbocycles. The summed E-state index contributed by atoms with van der Waals surface area (Å²) < 4.78 is 5.37. The first-order chi connectivity index (χ1) is 13.0. The summed E-state index contributed by atoms with van der Waals surface area (Å²) in [5, 5.41) is 20.2. The highest BCUT2D eigenvalue weighted by Gasteiger charge is 2.39. The van der Waals surface area contributed by atoms with Crippen LogP contribution in [0.1, 0.15) is 5.56 Å². The lowest BCUT2D eigenvalue weighted by Crippen LogP contribution is -2.55. The lowest BCUT2D eigenvalue weighted by atomic mass is 10.1. The predicted octanol–water partition coefficient (Wildman–Crippen LogP) is 0.702. The Labute approximate surface area is 156 Å². The molecule has 1 aliphatic heterocycles. The molecular formula is C19H20N4O4. The average Bonchev–Trinajstić information content (AvgIpc) is 2.68. The van der Waals surface area contributed by atoms with Crippen molar-refractivity contribution in [1.29, 1.82) is 5.41 Å². The number of benzene rings is 2. The Balaban J connectivity index is 1.68. The van der Waals surface area contributed by atoms with Crippen molar-refractivity contribution in [2.45, 2.75) is 12.2 Å². The number of morpholine rings is 1. The molecule has 1 aliphatic rings. The number of aliphatic hydroxyl groups excluding tert-OH is 1. The van der Waals surface area contributed by atoms with Crippen molar-refractivity contribution in [3.05, 3.63) is 60.2 Å². The Morgan fingerprint density at radius 1 is 1.22 bits per heavy atom. The topological polar surface area (TPSA) is 129 Å². The Morgan fingerprint density at radius 2 is 1.89 bits per heavy atom. The van der Waals surface area contributed by atoms with E-state index in [4.69, 9.17) is 15.9 Å². The van der Waals surface area contributed by atoms with Gasteiger partial charge in [0.05, 0.1) is 6.61 Å². The number of carbonyl (C=O) groups excluding carboxylic acids is 2. The van der Waals surface area contributed by atoms with E-state index < -0.39 is 24.0 Å². The van der Waals surface area contributed by atoms with Gasteiger partial charge in [0.25, 0.3) is 11.8 Å². The fraction of sp³-hybridized carbons (Fsp3) is 0.211. The highest BCUT2D eigenvalue weighted by Crippen LogP contribution is 2.20. The largest absolute Gasteiger partial charge is 0.384 e. The number of amidine groups is 1. The van der Waals surface area contributed by atoms with Crippen molar-refractivity contribution in [2.75, 3.05) is 23.4 Å². The molecule has 0 aliphatic carbocycles. The molecule has 2 atom stereocenters. The molecule has 8 nitrogen and oxygen atoms in total. The van der Waals surface area contributed by atoms with Gasteiger partial charge >= 0.3 is 0 Å². The number of amides is 2. The van der Waals surface area contributed by atoms with E-state index in [1.165, 1.54) is 4.90 Å². The number of rotatable bonds is 5. The minimum absolute atomic E-state index is 0.0879. The zero-order valence-electron chi connectivity index (χ0n) is 14.5. The summed E-state index contributed by atoms with van der Waals surface area (Å²) in [5.41, 5.74) is 6.99. The normalized spacial score (nSPS) is 18.0. The summed E-state index contributed by atoms with van der Waals surface area (Å²) in [6.45, 7) is 0.559. The van der Waals surface area contributed by atoms with Gasteiger partial charge < -0.3 is 25.8 Å². The predicted molar refractivity (Wildman–Crippen MR) is 101 cm³/mol. The van der Waals surface area contributed by atoms with E-state index in [-0.39, 0.29) is 12.4 Å². The van der Waals surface area contributed by atoms with E-state index in [1.807, 2.05) is 6.07 Å². The number of hydrogen-bond acceptors (Lipinski definition) is 5. The molecule has 1 fully saturated rings. The molecule has 1 saturated heterocycles. The van der Waals surface area contributed by atoms with Crippen LogP contribution in [-0.4, -0.2) is 48.1 Å². The van der Waals surface area contributed by atoms with Crippen LogP contribution in [0.25, 0.3) is 0 Å². The molecular weight excluding hydrogens is 348 g/mol. The first-order valence-corrected chi connectivity index (χ1v) is 8.39. The number of nitrogens with two attached hydrogens (primary N) is 1. The van der Waals surface area contributed by atoms with Crippen molar-refractivity contribution in [2.24, 2.45) is 5.73 Å². The van der Waals surface area contributed by atoms with E-state index in [1.54, 1.807) is 48.5 Å². The molecule has 2 aromatic rings. The van der Waals surface area contributed by atoms with Crippen molar-refractivity contribution < 1.29 is 19.4 Å². The molecule has 2 amide bonds. The van der Waals surface area contributed by atoms with Gasteiger partial charge in [-0.25, -0.2) is 0 Å². The second kappa shape index (κ2) is 7.98. The van der Waals surface area contributed by atoms with Crippen LogP contribution in [-0.2, 0) is 14.3 Å². The molecule has 0 unspecified atom stereocenters. The summed E-state index contributed by atoms with van der Waals surface area (Å²) in [7, 11) is 0. The number of nitrogens with one attached hydrogen (secondary N) is 2. The van der Waals surface area contributed by atoms with Crippen molar-refractivity contribution in [3.63, 3.8) is 0 Å². The zero-order chi connectivity index (χ0) is 19.4. The third-order valence-corrected chi connectivity index (χ3v) is 4.21. The third-order valence-electron chi connectivity index (χ3n) is 4.21. The molecule has 0 spiro atoms. The first-order valence-electron chi connectivity index (χ1n) is 8.39. The van der Waals surface area contributed by atoms with Gasteiger partial charge in [-0.2, -0.15) is 0 Å². The summed E-state index contributed by atoms with van der Waals surface area (Å²) >= 11 is 0. The Kier molecular flexibility index (Phi) is 5.49. The molecule has 140 valence electrons. The molecule has 5 N–H and O–H groups in total. The van der Waals surface area contributed by atoms with Gasteiger partial charge in [0.2, 0.25) is 0 Å². The van der Waals surface area contributed by atoms with Crippen LogP contribution in [0.4, 0.5) is 11.4 Å². The van der Waals surface area contributed by atoms with Crippen molar-refractivity contribution >= 4 is 29.0 Å². The Bertz CT molecular complexity index is 839. The van der Waals surface area contributed by atoms with Gasteiger partial charge in [-0.3, -0.25) is 15.0 Å². The number of hydrogen-bond donors (Lipinski definition) is 4. The number of nitrogen functional groups attached to an aromatic ring is 1. The van der Waals surface area contributed by atoms with Gasteiger partial charge in [0, 0.05) is 23.5 Å². The van der Waals surface area contributed by atoms with Crippen molar-refractivity contribution in [3.8, 4) is 0 Å². The maximum absolute atomic E-state index is 12.7. The lowest BCUT2D eigenvalue weighted by molar-refractivity contribution is -0.150. The summed E-state index contributed by atoms with van der Waals surface area (Å²) in [6.07, 6.45) is -2.94. The third kappa shape index (κ3) is 4.13. The summed E-state index contributed by atoms with van der Waals surface area (Å²) in [4.78, 5) is 26.5. The van der Waals surface area contributed by atoms with Gasteiger partial charge in [-0.05, 0) is 36.4 Å². The van der Waals surface area contributed by atoms with E-state index in [2.05, 4.69) is 5.32 Å². The standard InChI is InChI=1S/C19H20N4O4/c20-17(21)12-6-8-13(9-7-12)22-18(25)15(24)16-19(26)23(10-11-27-16)14-4-2-1-3-5-14/h1-9,15-16,24H,10-11H2,(H3,20,21)(H,22,25)/t15-,16-/m1/s1. The van der Waals surface area contributed by atoms with Gasteiger partial charge in [0.1, 0.15) is 5.84 Å². The van der Waals surface area contributed by atoms with Crippen LogP contribution in [0.2, 0.25) is 0 Å². The van der Waals surface area contributed by atoms with E-state index in [0.717, 1.165) is 0 Å². The fourth-order valence-corrected chi connectivity index (χ4v) is 2.78. The van der Waals surface area contributed by atoms with Gasteiger partial charge in [-0.1, -0.05) is 18.2 Å². The van der Waals surface area contributed by atoms with Crippen LogP contribution < -0.4 is 16.0 Å². The molecule has 8 heteroatoms. The van der Waals surface area contributed by atoms with Crippen LogP contribution in [0.3, 0.4) is 0 Å². The average molecular weight is 368 g/mol. The maximum atomic E-state index is 12.7. The number of nitrogens with zero attached hydrogens (tertiary/aromatic N) is 1. The molecule has 1 heterocycles. The van der Waals surface area contributed by atoms with Gasteiger partial charge in [-0.15, -0.1) is 0 Å². The van der Waals surface area contributed by atoms with E-state index >= 15 is 0 Å². The number of carbonyl (C=O) groups is 2. The molecule has 2 aromatic carbocycles. The molecule has 0 aromatic heterocycles. The summed E-state index contributed by atoms with van der Waals surface area (Å²) in [5.74, 6) is -1.31. The summed E-state index contributed by atoms with van der Waals surface area (Å²) in [6, 6.07) is 15.3. The maximum Gasteiger partial charge on any atom is 0.259 e. The highest BCUT2D eigenvalue weighted by molar-refractivity contribution is 6.04. The first kappa shape index (κ1) is 18.6. The number of anilines is 2. The minimum atomic E-state index is -1.66. The highest BCUT2D eigenvalue weighted by atomic mass is 16.5. The fourth-order valence-electron chi connectivity index (χ4n) is 2.78. The number of aliphatic hydroxyl groups is 1. The zero-order valence-corrected chi connectivity index (χ0v) is 14.5. The number of ether oxygens (including phenoxy) is 1. The number of para-hydroxylation sites is 1. The Hall–Kier alpha value is -3.23. The quantitative estimate of drug-likeness (QED) is 0.456. The second-order valence-corrected chi connectivity index (χ2v) is 6.04. The second-order valence-electron chi connectivity index (χ2n) is 6.04. The molecule has 0 radical (unpaired) electrons. The molecule has 27 heavy (non-hydrogen) atoms. The SMILES string of the molecule is N=C(N)c1ccc(NC(=O)[C@H](O)[C@H]2OCCN(c3ccccc3)C2=O)cc1. The van der Waals surface area contributed by atoms with Gasteiger partial charge in [0.15, 0.2) is 12.2 Å². The van der Waals surface area contributed by atoms with Crippen LogP contribution in [0.5, 0.6) is 0 Å². The molecule has 0 bridgehead atoms. The lowest BCUT2D eigenvalue weighted by Gasteiger charge is -2.34. The van der Waals surface area contributed by atoms with Crippen LogP contribution in [0, 0.1) is 5.41 Å². The minimum Gasteiger partial charge on any atom is -0.384 e. The Morgan fingerprint density at radius 3 is 2.52 bits per heavy atom. The van der Waals surface area contributed by atoms with Crippen molar-refractivity contribution in [1.82, 2.24) is 0 Å². The molecule has 3 rings (SSSR count). The van der Waals surface area contributed by atoms with Crippen LogP contribution >= 0.6 is 0 Å². The van der Waals surface area contributed by atoms with E-state index in [9.17, 15) is 14.7 Å². The van der Waals surface area contributed by atoms with Crippen LogP contribution in [0.15, 0.2) is 54.6 Å².